The molecule has 2 heteroatoms. The van der Waals surface area contributed by atoms with Gasteiger partial charge in [0.25, 0.3) is 0 Å². The first-order chi connectivity index (χ1) is 9.63. The van der Waals surface area contributed by atoms with Gasteiger partial charge in [-0.15, -0.1) is 0 Å². The lowest BCUT2D eigenvalue weighted by atomic mass is 10.00. The molecule has 0 saturated carbocycles. The number of benzene rings is 2. The van der Waals surface area contributed by atoms with Gasteiger partial charge in [-0.3, -0.25) is 0 Å². The molecule has 1 aromatic heterocycles. The Morgan fingerprint density at radius 2 is 1.80 bits per heavy atom. The summed E-state index contributed by atoms with van der Waals surface area (Å²) in [7, 11) is 0. The zero-order valence-electron chi connectivity index (χ0n) is 11.9. The van der Waals surface area contributed by atoms with Crippen LogP contribution in [0.5, 0.6) is 0 Å². The van der Waals surface area contributed by atoms with E-state index in [1.165, 1.54) is 16.7 Å². The van der Waals surface area contributed by atoms with Crippen molar-refractivity contribution in [3.8, 4) is 0 Å². The summed E-state index contributed by atoms with van der Waals surface area (Å²) >= 11 is 0. The molecule has 0 aliphatic heterocycles. The summed E-state index contributed by atoms with van der Waals surface area (Å²) in [5.74, 6) is 0.851. The molecular formula is C18H19NO. The summed E-state index contributed by atoms with van der Waals surface area (Å²) in [5.41, 5.74) is 11.1. The monoisotopic (exact) mass is 265 g/mol. The smallest absolute Gasteiger partial charge is 0.134 e. The van der Waals surface area contributed by atoms with Gasteiger partial charge >= 0.3 is 0 Å². The zero-order chi connectivity index (χ0) is 14.1. The quantitative estimate of drug-likeness (QED) is 0.767. The van der Waals surface area contributed by atoms with Crippen molar-refractivity contribution in [2.45, 2.75) is 26.3 Å². The minimum atomic E-state index is -0.107. The van der Waals surface area contributed by atoms with Gasteiger partial charge in [0.2, 0.25) is 0 Å². The molecule has 20 heavy (non-hydrogen) atoms. The van der Waals surface area contributed by atoms with Gasteiger partial charge in [-0.1, -0.05) is 36.4 Å². The van der Waals surface area contributed by atoms with Crippen molar-refractivity contribution >= 4 is 11.0 Å². The van der Waals surface area contributed by atoms with Crippen molar-refractivity contribution in [1.29, 1.82) is 0 Å². The van der Waals surface area contributed by atoms with E-state index in [0.29, 0.717) is 0 Å². The van der Waals surface area contributed by atoms with E-state index in [1.54, 1.807) is 0 Å². The second-order valence-corrected chi connectivity index (χ2v) is 5.42. The first-order valence-corrected chi connectivity index (χ1v) is 6.93. The van der Waals surface area contributed by atoms with Gasteiger partial charge in [0.15, 0.2) is 0 Å². The van der Waals surface area contributed by atoms with Crippen LogP contribution in [0.2, 0.25) is 0 Å². The highest BCUT2D eigenvalue weighted by molar-refractivity contribution is 5.77. The van der Waals surface area contributed by atoms with E-state index in [1.807, 2.05) is 30.3 Å². The van der Waals surface area contributed by atoms with Crippen LogP contribution in [0, 0.1) is 13.8 Å². The molecule has 3 rings (SSSR count). The van der Waals surface area contributed by atoms with Gasteiger partial charge in [0.05, 0.1) is 6.04 Å². The number of aryl methyl sites for hydroxylation is 2. The van der Waals surface area contributed by atoms with Crippen LogP contribution in [0.25, 0.3) is 11.0 Å². The highest BCUT2D eigenvalue weighted by Gasteiger charge is 2.13. The summed E-state index contributed by atoms with van der Waals surface area (Å²) in [5, 5.41) is 1.11. The molecule has 102 valence electrons. The Labute approximate surface area is 119 Å². The van der Waals surface area contributed by atoms with Crippen molar-refractivity contribution in [2.24, 2.45) is 5.73 Å². The number of hydrogen-bond donors (Lipinski definition) is 1. The molecule has 0 amide bonds. The van der Waals surface area contributed by atoms with E-state index >= 15 is 0 Å². The Hall–Kier alpha value is -2.06. The van der Waals surface area contributed by atoms with Crippen molar-refractivity contribution in [3.05, 3.63) is 71.0 Å². The Bertz CT molecular complexity index is 709. The molecule has 0 saturated heterocycles. The second-order valence-electron chi connectivity index (χ2n) is 5.42. The molecule has 2 N–H and O–H groups in total. The number of para-hydroxylation sites is 1. The molecule has 2 aromatic carbocycles. The van der Waals surface area contributed by atoms with Crippen LogP contribution in [0.1, 0.15) is 28.5 Å². The van der Waals surface area contributed by atoms with Crippen LogP contribution in [-0.2, 0) is 6.42 Å². The van der Waals surface area contributed by atoms with Gasteiger partial charge in [-0.2, -0.15) is 0 Å². The van der Waals surface area contributed by atoms with Crippen molar-refractivity contribution in [3.63, 3.8) is 0 Å². The van der Waals surface area contributed by atoms with Crippen LogP contribution in [0.4, 0.5) is 0 Å². The Morgan fingerprint density at radius 3 is 2.55 bits per heavy atom. The molecule has 1 atom stereocenters. The first-order valence-electron chi connectivity index (χ1n) is 6.93. The third-order valence-electron chi connectivity index (χ3n) is 3.84. The van der Waals surface area contributed by atoms with E-state index < -0.39 is 0 Å². The number of rotatable bonds is 3. The fourth-order valence-corrected chi connectivity index (χ4v) is 2.47. The number of furan rings is 1. The molecule has 1 heterocycles. The van der Waals surface area contributed by atoms with Crippen molar-refractivity contribution in [2.75, 3.05) is 0 Å². The van der Waals surface area contributed by atoms with Crippen LogP contribution < -0.4 is 5.73 Å². The first kappa shape index (κ1) is 12.9. The van der Waals surface area contributed by atoms with Gasteiger partial charge in [-0.25, -0.2) is 0 Å². The predicted octanol–water partition coefficient (Wildman–Crippen LogP) is 4.29. The van der Waals surface area contributed by atoms with Gasteiger partial charge in [0, 0.05) is 5.39 Å². The lowest BCUT2D eigenvalue weighted by Crippen LogP contribution is -2.12. The van der Waals surface area contributed by atoms with Gasteiger partial charge in [0.1, 0.15) is 11.3 Å². The number of hydrogen-bond acceptors (Lipinski definition) is 2. The zero-order valence-corrected chi connectivity index (χ0v) is 11.9. The standard InChI is InChI=1S/C18H19NO/c1-12-7-8-14(9-13(12)2)10-16(19)18-11-15-5-3-4-6-17(15)20-18/h3-9,11,16H,10,19H2,1-2H3. The largest absolute Gasteiger partial charge is 0.459 e. The van der Waals surface area contributed by atoms with Gasteiger partial charge < -0.3 is 10.2 Å². The minimum Gasteiger partial charge on any atom is -0.459 e. The molecular weight excluding hydrogens is 246 g/mol. The predicted molar refractivity (Wildman–Crippen MR) is 82.8 cm³/mol. The molecule has 0 bridgehead atoms. The van der Waals surface area contributed by atoms with Crippen LogP contribution in [-0.4, -0.2) is 0 Å². The van der Waals surface area contributed by atoms with E-state index in [2.05, 4.69) is 32.0 Å². The molecule has 3 aromatic rings. The fourth-order valence-electron chi connectivity index (χ4n) is 2.47. The van der Waals surface area contributed by atoms with E-state index in [9.17, 15) is 0 Å². The second kappa shape index (κ2) is 5.14. The summed E-state index contributed by atoms with van der Waals surface area (Å²) < 4.78 is 5.83. The fraction of sp³-hybridized carbons (Fsp3) is 0.222. The van der Waals surface area contributed by atoms with Gasteiger partial charge in [-0.05, 0) is 49.1 Å². The summed E-state index contributed by atoms with van der Waals surface area (Å²) in [6.07, 6.45) is 0.793. The highest BCUT2D eigenvalue weighted by atomic mass is 16.3. The molecule has 0 aliphatic carbocycles. The highest BCUT2D eigenvalue weighted by Crippen LogP contribution is 2.25. The van der Waals surface area contributed by atoms with Crippen LogP contribution in [0.15, 0.2) is 52.9 Å². The third-order valence-corrected chi connectivity index (χ3v) is 3.84. The summed E-state index contributed by atoms with van der Waals surface area (Å²) in [6, 6.07) is 16.4. The van der Waals surface area contributed by atoms with E-state index in [0.717, 1.165) is 23.2 Å². The maximum Gasteiger partial charge on any atom is 0.134 e. The Kier molecular flexibility index (Phi) is 3.33. The van der Waals surface area contributed by atoms with E-state index in [-0.39, 0.29) is 6.04 Å². The molecule has 0 fully saturated rings. The summed E-state index contributed by atoms with van der Waals surface area (Å²) in [4.78, 5) is 0. The number of fused-ring (bicyclic) bond motifs is 1. The molecule has 1 unspecified atom stereocenters. The minimum absolute atomic E-state index is 0.107. The average molecular weight is 265 g/mol. The lowest BCUT2D eigenvalue weighted by molar-refractivity contribution is 0.494. The number of nitrogens with two attached hydrogens (primary N) is 1. The van der Waals surface area contributed by atoms with E-state index in [4.69, 9.17) is 10.2 Å². The molecule has 0 aliphatic rings. The van der Waals surface area contributed by atoms with Crippen molar-refractivity contribution < 1.29 is 4.42 Å². The molecule has 2 nitrogen and oxygen atoms in total. The summed E-state index contributed by atoms with van der Waals surface area (Å²) in [6.45, 7) is 4.25. The maximum atomic E-state index is 6.29. The average Bonchev–Trinajstić information content (AvgIpc) is 2.87. The topological polar surface area (TPSA) is 39.2 Å². The SMILES string of the molecule is Cc1ccc(CC(N)c2cc3ccccc3o2)cc1C. The lowest BCUT2D eigenvalue weighted by Gasteiger charge is -2.10. The normalized spacial score (nSPS) is 12.8. The third kappa shape index (κ3) is 2.47. The van der Waals surface area contributed by atoms with Crippen LogP contribution >= 0.6 is 0 Å². The Balaban J connectivity index is 1.84. The maximum absolute atomic E-state index is 6.29. The van der Waals surface area contributed by atoms with Crippen LogP contribution in [0.3, 0.4) is 0 Å². The molecule has 0 spiro atoms. The molecule has 0 radical (unpaired) electrons. The Morgan fingerprint density at radius 1 is 1.00 bits per heavy atom. The van der Waals surface area contributed by atoms with Crippen molar-refractivity contribution in [1.82, 2.24) is 0 Å².